The van der Waals surface area contributed by atoms with Crippen LogP contribution in [0.2, 0.25) is 5.15 Å². The zero-order chi connectivity index (χ0) is 15.0. The number of sulfonamides is 1. The van der Waals surface area contributed by atoms with Crippen molar-refractivity contribution in [2.45, 2.75) is 23.9 Å². The SMILES string of the molecule is CN(CCNS(=O)(=O)c1c(Cl)nc2ccccn12)C1CC1. The first-order chi connectivity index (χ1) is 9.99. The minimum Gasteiger partial charge on any atom is -0.302 e. The summed E-state index contributed by atoms with van der Waals surface area (Å²) >= 11 is 5.99. The van der Waals surface area contributed by atoms with E-state index in [1.807, 2.05) is 7.05 Å². The van der Waals surface area contributed by atoms with Crippen LogP contribution in [0.1, 0.15) is 12.8 Å². The summed E-state index contributed by atoms with van der Waals surface area (Å²) in [6.07, 6.45) is 4.03. The van der Waals surface area contributed by atoms with E-state index in [0.717, 1.165) is 0 Å². The minimum absolute atomic E-state index is 0.00570. The zero-order valence-electron chi connectivity index (χ0n) is 11.7. The molecule has 0 unspecified atom stereocenters. The molecule has 0 aliphatic heterocycles. The maximum atomic E-state index is 12.4. The van der Waals surface area contributed by atoms with Gasteiger partial charge in [-0.1, -0.05) is 17.7 Å². The number of rotatable bonds is 6. The van der Waals surface area contributed by atoms with Crippen LogP contribution in [0.4, 0.5) is 0 Å². The Kier molecular flexibility index (Phi) is 3.92. The number of halogens is 1. The summed E-state index contributed by atoms with van der Waals surface area (Å²) in [6.45, 7) is 1.03. The van der Waals surface area contributed by atoms with Gasteiger partial charge < -0.3 is 4.90 Å². The van der Waals surface area contributed by atoms with Gasteiger partial charge in [0.15, 0.2) is 10.2 Å². The average molecular weight is 329 g/mol. The lowest BCUT2D eigenvalue weighted by molar-refractivity contribution is 0.329. The Labute approximate surface area is 128 Å². The molecule has 114 valence electrons. The molecule has 1 aliphatic rings. The molecular formula is C13H17ClN4O2S. The predicted octanol–water partition coefficient (Wildman–Crippen LogP) is 1.36. The van der Waals surface area contributed by atoms with Crippen LogP contribution in [0.5, 0.6) is 0 Å². The van der Waals surface area contributed by atoms with Crippen molar-refractivity contribution in [3.05, 3.63) is 29.5 Å². The number of imidazole rings is 1. The van der Waals surface area contributed by atoms with Gasteiger partial charge in [-0.05, 0) is 32.0 Å². The number of aromatic nitrogens is 2. The smallest absolute Gasteiger partial charge is 0.259 e. The van der Waals surface area contributed by atoms with E-state index in [-0.39, 0.29) is 10.2 Å². The topological polar surface area (TPSA) is 66.7 Å². The summed E-state index contributed by atoms with van der Waals surface area (Å²) in [7, 11) is -1.68. The second kappa shape index (κ2) is 5.57. The molecule has 0 bridgehead atoms. The Morgan fingerprint density at radius 2 is 2.24 bits per heavy atom. The fourth-order valence-electron chi connectivity index (χ4n) is 2.31. The van der Waals surface area contributed by atoms with E-state index in [1.165, 1.54) is 17.2 Å². The largest absolute Gasteiger partial charge is 0.302 e. The van der Waals surface area contributed by atoms with Gasteiger partial charge in [0.1, 0.15) is 5.65 Å². The van der Waals surface area contributed by atoms with Crippen molar-refractivity contribution in [1.29, 1.82) is 0 Å². The van der Waals surface area contributed by atoms with Gasteiger partial charge in [0, 0.05) is 25.3 Å². The normalized spacial score (nSPS) is 16.0. The van der Waals surface area contributed by atoms with Crippen LogP contribution in [0.3, 0.4) is 0 Å². The number of hydrogen-bond donors (Lipinski definition) is 1. The summed E-state index contributed by atoms with van der Waals surface area (Å²) in [6, 6.07) is 5.85. The number of nitrogens with zero attached hydrogens (tertiary/aromatic N) is 3. The molecule has 0 radical (unpaired) electrons. The summed E-state index contributed by atoms with van der Waals surface area (Å²) in [5.41, 5.74) is 0.512. The number of nitrogens with one attached hydrogen (secondary N) is 1. The first-order valence-electron chi connectivity index (χ1n) is 6.81. The second-order valence-corrected chi connectivity index (χ2v) is 7.29. The highest BCUT2D eigenvalue weighted by molar-refractivity contribution is 7.89. The van der Waals surface area contributed by atoms with Gasteiger partial charge in [0.05, 0.1) is 0 Å². The van der Waals surface area contributed by atoms with E-state index in [2.05, 4.69) is 14.6 Å². The molecule has 2 heterocycles. The number of pyridine rings is 1. The highest BCUT2D eigenvalue weighted by atomic mass is 35.5. The molecule has 2 aromatic heterocycles. The van der Waals surface area contributed by atoms with Crippen LogP contribution < -0.4 is 4.72 Å². The van der Waals surface area contributed by atoms with Crippen molar-refractivity contribution in [2.24, 2.45) is 0 Å². The predicted molar refractivity (Wildman–Crippen MR) is 81.0 cm³/mol. The average Bonchev–Trinajstić information content (AvgIpc) is 3.20. The summed E-state index contributed by atoms with van der Waals surface area (Å²) in [5.74, 6) is 0. The Bertz CT molecular complexity index is 755. The number of fused-ring (bicyclic) bond motifs is 1. The van der Waals surface area contributed by atoms with Gasteiger partial charge in [0.25, 0.3) is 10.0 Å². The van der Waals surface area contributed by atoms with Crippen molar-refractivity contribution in [3.63, 3.8) is 0 Å². The van der Waals surface area contributed by atoms with E-state index in [9.17, 15) is 8.42 Å². The summed E-state index contributed by atoms with van der Waals surface area (Å²) in [5, 5.41) is -0.0157. The molecule has 0 saturated heterocycles. The van der Waals surface area contributed by atoms with Gasteiger partial charge in [0.2, 0.25) is 0 Å². The molecule has 1 aliphatic carbocycles. The van der Waals surface area contributed by atoms with Crippen molar-refractivity contribution in [2.75, 3.05) is 20.1 Å². The molecule has 0 atom stereocenters. The van der Waals surface area contributed by atoms with Crippen LogP contribution in [0, 0.1) is 0 Å². The van der Waals surface area contributed by atoms with Gasteiger partial charge in [-0.15, -0.1) is 0 Å². The van der Waals surface area contributed by atoms with Crippen LogP contribution in [-0.2, 0) is 10.0 Å². The van der Waals surface area contributed by atoms with E-state index in [1.54, 1.807) is 24.4 Å². The lowest BCUT2D eigenvalue weighted by Crippen LogP contribution is -2.34. The Balaban J connectivity index is 1.78. The molecule has 0 amide bonds. The van der Waals surface area contributed by atoms with Crippen LogP contribution in [0.25, 0.3) is 5.65 Å². The molecule has 0 aromatic carbocycles. The molecule has 6 nitrogen and oxygen atoms in total. The highest BCUT2D eigenvalue weighted by Gasteiger charge is 2.27. The van der Waals surface area contributed by atoms with E-state index < -0.39 is 10.0 Å². The number of likely N-dealkylation sites (N-methyl/N-ethyl adjacent to an activating group) is 1. The van der Waals surface area contributed by atoms with Crippen LogP contribution in [0.15, 0.2) is 29.4 Å². The molecule has 8 heteroatoms. The van der Waals surface area contributed by atoms with Crippen LogP contribution >= 0.6 is 11.6 Å². The van der Waals surface area contributed by atoms with Gasteiger partial charge >= 0.3 is 0 Å². The third kappa shape index (κ3) is 3.06. The maximum Gasteiger partial charge on any atom is 0.259 e. The summed E-state index contributed by atoms with van der Waals surface area (Å²) < 4.78 is 28.9. The fourth-order valence-corrected chi connectivity index (χ4v) is 3.97. The molecule has 0 spiro atoms. The lowest BCUT2D eigenvalue weighted by atomic mass is 10.5. The van der Waals surface area contributed by atoms with E-state index >= 15 is 0 Å². The molecule has 21 heavy (non-hydrogen) atoms. The molecule has 1 N–H and O–H groups in total. The third-order valence-corrected chi connectivity index (χ3v) is 5.49. The monoisotopic (exact) mass is 328 g/mol. The van der Waals surface area contributed by atoms with Crippen molar-refractivity contribution in [3.8, 4) is 0 Å². The van der Waals surface area contributed by atoms with Crippen molar-refractivity contribution in [1.82, 2.24) is 19.0 Å². The second-order valence-electron chi connectivity index (χ2n) is 5.25. The standard InChI is InChI=1S/C13H17ClN4O2S/c1-17(10-5-6-10)9-7-15-21(19,20)13-12(14)16-11-4-2-3-8-18(11)13/h2-4,8,10,15H,5-7,9H2,1H3. The van der Waals surface area contributed by atoms with E-state index in [4.69, 9.17) is 11.6 Å². The van der Waals surface area contributed by atoms with E-state index in [0.29, 0.717) is 24.8 Å². The van der Waals surface area contributed by atoms with Crippen molar-refractivity contribution < 1.29 is 8.42 Å². The first-order valence-corrected chi connectivity index (χ1v) is 8.67. The number of hydrogen-bond acceptors (Lipinski definition) is 4. The fraction of sp³-hybridized carbons (Fsp3) is 0.462. The molecular weight excluding hydrogens is 312 g/mol. The molecule has 2 aromatic rings. The first kappa shape index (κ1) is 14.8. The van der Waals surface area contributed by atoms with Gasteiger partial charge in [-0.3, -0.25) is 4.40 Å². The molecule has 3 rings (SSSR count). The quantitative estimate of drug-likeness (QED) is 0.869. The van der Waals surface area contributed by atoms with Gasteiger partial charge in [-0.25, -0.2) is 18.1 Å². The van der Waals surface area contributed by atoms with Crippen molar-refractivity contribution >= 4 is 27.3 Å². The molecule has 1 fully saturated rings. The zero-order valence-corrected chi connectivity index (χ0v) is 13.2. The van der Waals surface area contributed by atoms with Gasteiger partial charge in [-0.2, -0.15) is 0 Å². The minimum atomic E-state index is -3.68. The maximum absolute atomic E-state index is 12.4. The Morgan fingerprint density at radius 3 is 2.95 bits per heavy atom. The summed E-state index contributed by atoms with van der Waals surface area (Å²) in [4.78, 5) is 6.22. The Hall–Kier alpha value is -1.15. The van der Waals surface area contributed by atoms with Crippen LogP contribution in [-0.4, -0.2) is 48.9 Å². The Morgan fingerprint density at radius 1 is 1.48 bits per heavy atom. The highest BCUT2D eigenvalue weighted by Crippen LogP contribution is 2.25. The third-order valence-electron chi connectivity index (χ3n) is 3.63. The molecule has 1 saturated carbocycles. The lowest BCUT2D eigenvalue weighted by Gasteiger charge is -2.15.